The lowest BCUT2D eigenvalue weighted by atomic mass is 10.2. The van der Waals surface area contributed by atoms with Crippen LogP contribution in [0.1, 0.15) is 6.92 Å². The van der Waals surface area contributed by atoms with Crippen molar-refractivity contribution in [3.05, 3.63) is 36.6 Å². The van der Waals surface area contributed by atoms with Crippen molar-refractivity contribution in [2.75, 3.05) is 13.8 Å². The third-order valence-electron chi connectivity index (χ3n) is 1.27. The first-order valence-electron chi connectivity index (χ1n) is 3.43. The van der Waals surface area contributed by atoms with E-state index in [1.54, 1.807) is 13.2 Å². The summed E-state index contributed by atoms with van der Waals surface area (Å²) in [6, 6.07) is 0. The molecule has 0 rings (SSSR count). The minimum absolute atomic E-state index is 0.487. The fourth-order valence-electron chi connectivity index (χ4n) is 0.576. The second-order valence-corrected chi connectivity index (χ2v) is 2.17. The van der Waals surface area contributed by atoms with E-state index in [1.165, 1.54) is 0 Å². The summed E-state index contributed by atoms with van der Waals surface area (Å²) < 4.78 is 4.82. The molecule has 0 aliphatic rings. The standard InChI is InChI=1S/C9H15NO/c1-5-6-8(2)9(3)10-7-11-4/h5-6,10H,1,3,7H2,2,4H3/b8-6-. The minimum Gasteiger partial charge on any atom is -0.365 e. The van der Waals surface area contributed by atoms with Crippen LogP contribution >= 0.6 is 0 Å². The van der Waals surface area contributed by atoms with E-state index in [2.05, 4.69) is 18.5 Å². The van der Waals surface area contributed by atoms with Crippen LogP contribution in [0.4, 0.5) is 0 Å². The third kappa shape index (κ3) is 4.39. The van der Waals surface area contributed by atoms with Gasteiger partial charge in [-0.05, 0) is 12.5 Å². The molecule has 0 heterocycles. The highest BCUT2D eigenvalue weighted by molar-refractivity contribution is 5.27. The zero-order valence-corrected chi connectivity index (χ0v) is 7.18. The summed E-state index contributed by atoms with van der Waals surface area (Å²) in [6.45, 7) is 9.84. The van der Waals surface area contributed by atoms with Gasteiger partial charge < -0.3 is 10.1 Å². The molecule has 0 saturated carbocycles. The maximum absolute atomic E-state index is 4.82. The highest BCUT2D eigenvalue weighted by atomic mass is 16.5. The van der Waals surface area contributed by atoms with Crippen molar-refractivity contribution in [1.82, 2.24) is 5.32 Å². The van der Waals surface area contributed by atoms with Gasteiger partial charge in [0, 0.05) is 12.8 Å². The fourth-order valence-corrected chi connectivity index (χ4v) is 0.576. The average molecular weight is 153 g/mol. The largest absolute Gasteiger partial charge is 0.365 e. The molecule has 2 heteroatoms. The Bertz CT molecular complexity index is 170. The van der Waals surface area contributed by atoms with Gasteiger partial charge in [-0.2, -0.15) is 0 Å². The van der Waals surface area contributed by atoms with Gasteiger partial charge in [-0.25, -0.2) is 0 Å². The van der Waals surface area contributed by atoms with Crippen LogP contribution < -0.4 is 5.32 Å². The van der Waals surface area contributed by atoms with Gasteiger partial charge in [0.2, 0.25) is 0 Å². The molecule has 62 valence electrons. The Kier molecular flexibility index (Phi) is 5.21. The Labute approximate surface area is 68.3 Å². The van der Waals surface area contributed by atoms with E-state index in [1.807, 2.05) is 13.0 Å². The van der Waals surface area contributed by atoms with E-state index >= 15 is 0 Å². The molecule has 11 heavy (non-hydrogen) atoms. The molecule has 0 saturated heterocycles. The van der Waals surface area contributed by atoms with Crippen LogP contribution in [0, 0.1) is 0 Å². The van der Waals surface area contributed by atoms with E-state index in [9.17, 15) is 0 Å². The normalized spacial score (nSPS) is 10.9. The summed E-state index contributed by atoms with van der Waals surface area (Å²) in [4.78, 5) is 0. The molecule has 0 aliphatic carbocycles. The quantitative estimate of drug-likeness (QED) is 0.480. The summed E-state index contributed by atoms with van der Waals surface area (Å²) in [5.74, 6) is 0. The first kappa shape index (κ1) is 9.98. The number of hydrogen-bond donors (Lipinski definition) is 1. The van der Waals surface area contributed by atoms with Crippen LogP contribution in [0.25, 0.3) is 0 Å². The molecule has 0 bridgehead atoms. The van der Waals surface area contributed by atoms with Gasteiger partial charge in [-0.15, -0.1) is 0 Å². The van der Waals surface area contributed by atoms with E-state index in [0.29, 0.717) is 6.73 Å². The van der Waals surface area contributed by atoms with Gasteiger partial charge >= 0.3 is 0 Å². The highest BCUT2D eigenvalue weighted by Crippen LogP contribution is 2.01. The monoisotopic (exact) mass is 153 g/mol. The lowest BCUT2D eigenvalue weighted by Crippen LogP contribution is -2.15. The van der Waals surface area contributed by atoms with Crippen molar-refractivity contribution in [1.29, 1.82) is 0 Å². The maximum atomic E-state index is 4.82. The van der Waals surface area contributed by atoms with Gasteiger partial charge in [-0.3, -0.25) is 0 Å². The molecular formula is C9H15NO. The third-order valence-corrected chi connectivity index (χ3v) is 1.27. The predicted octanol–water partition coefficient (Wildman–Crippen LogP) is 1.83. The molecule has 0 radical (unpaired) electrons. The lowest BCUT2D eigenvalue weighted by Gasteiger charge is -2.07. The highest BCUT2D eigenvalue weighted by Gasteiger charge is 1.92. The fraction of sp³-hybridized carbons (Fsp3) is 0.333. The SMILES string of the molecule is C=C/C=C(/C)C(=C)NCOC. The summed E-state index contributed by atoms with van der Waals surface area (Å²) >= 11 is 0. The Balaban J connectivity index is 3.82. The van der Waals surface area contributed by atoms with Gasteiger partial charge in [0.15, 0.2) is 0 Å². The number of allylic oxidation sites excluding steroid dienone is 3. The van der Waals surface area contributed by atoms with Crippen molar-refractivity contribution in [3.8, 4) is 0 Å². The first-order chi connectivity index (χ1) is 5.22. The summed E-state index contributed by atoms with van der Waals surface area (Å²) in [7, 11) is 1.63. The average Bonchev–Trinajstić information content (AvgIpc) is 2.00. The second-order valence-electron chi connectivity index (χ2n) is 2.17. The van der Waals surface area contributed by atoms with E-state index < -0.39 is 0 Å². The van der Waals surface area contributed by atoms with Crippen molar-refractivity contribution in [2.24, 2.45) is 0 Å². The Hall–Kier alpha value is -1.02. The molecule has 0 aromatic carbocycles. The Morgan fingerprint density at radius 3 is 2.73 bits per heavy atom. The molecule has 1 N–H and O–H groups in total. The zero-order chi connectivity index (χ0) is 8.69. The molecule has 2 nitrogen and oxygen atoms in total. The van der Waals surface area contributed by atoms with Crippen LogP contribution in [-0.2, 0) is 4.74 Å². The van der Waals surface area contributed by atoms with Gasteiger partial charge in [-0.1, -0.05) is 25.3 Å². The Morgan fingerprint density at radius 1 is 1.64 bits per heavy atom. The van der Waals surface area contributed by atoms with Gasteiger partial charge in [0.25, 0.3) is 0 Å². The predicted molar refractivity (Wildman–Crippen MR) is 48.1 cm³/mol. The molecule has 0 fully saturated rings. The van der Waals surface area contributed by atoms with Gasteiger partial charge in [0.05, 0.1) is 0 Å². The summed E-state index contributed by atoms with van der Waals surface area (Å²) in [6.07, 6.45) is 3.62. The Morgan fingerprint density at radius 2 is 2.27 bits per heavy atom. The number of hydrogen-bond acceptors (Lipinski definition) is 2. The molecule has 0 aromatic rings. The summed E-state index contributed by atoms with van der Waals surface area (Å²) in [5.41, 5.74) is 1.93. The zero-order valence-electron chi connectivity index (χ0n) is 7.18. The number of nitrogens with one attached hydrogen (secondary N) is 1. The van der Waals surface area contributed by atoms with Crippen molar-refractivity contribution >= 4 is 0 Å². The maximum Gasteiger partial charge on any atom is 0.116 e. The van der Waals surface area contributed by atoms with E-state index in [-0.39, 0.29) is 0 Å². The lowest BCUT2D eigenvalue weighted by molar-refractivity contribution is 0.185. The molecule has 0 aliphatic heterocycles. The van der Waals surface area contributed by atoms with Crippen molar-refractivity contribution in [2.45, 2.75) is 6.92 Å². The molecule has 0 atom stereocenters. The smallest absolute Gasteiger partial charge is 0.116 e. The topological polar surface area (TPSA) is 21.3 Å². The number of ether oxygens (including phenoxy) is 1. The minimum atomic E-state index is 0.487. The van der Waals surface area contributed by atoms with Gasteiger partial charge in [0.1, 0.15) is 6.73 Å². The van der Waals surface area contributed by atoms with E-state index in [4.69, 9.17) is 4.74 Å². The molecule has 0 amide bonds. The number of methoxy groups -OCH3 is 1. The molecule has 0 spiro atoms. The molecule has 0 unspecified atom stereocenters. The van der Waals surface area contributed by atoms with Crippen LogP contribution in [0.15, 0.2) is 36.6 Å². The summed E-state index contributed by atoms with van der Waals surface area (Å²) in [5, 5.41) is 2.98. The van der Waals surface area contributed by atoms with Crippen LogP contribution in [-0.4, -0.2) is 13.8 Å². The second kappa shape index (κ2) is 5.74. The van der Waals surface area contributed by atoms with Crippen molar-refractivity contribution in [3.63, 3.8) is 0 Å². The van der Waals surface area contributed by atoms with Crippen LogP contribution in [0.2, 0.25) is 0 Å². The first-order valence-corrected chi connectivity index (χ1v) is 3.43. The van der Waals surface area contributed by atoms with Crippen molar-refractivity contribution < 1.29 is 4.74 Å². The van der Waals surface area contributed by atoms with E-state index in [0.717, 1.165) is 11.3 Å². The molecular weight excluding hydrogens is 138 g/mol. The molecule has 0 aromatic heterocycles. The number of rotatable bonds is 5. The van der Waals surface area contributed by atoms with Crippen LogP contribution in [0.3, 0.4) is 0 Å². The van der Waals surface area contributed by atoms with Crippen LogP contribution in [0.5, 0.6) is 0 Å².